The van der Waals surface area contributed by atoms with Gasteiger partial charge in [-0.3, -0.25) is 4.98 Å². The molecular formula is C20H14N6. The van der Waals surface area contributed by atoms with Gasteiger partial charge in [-0.25, -0.2) is 4.98 Å². The van der Waals surface area contributed by atoms with Crippen LogP contribution in [0.25, 0.3) is 10.9 Å². The second-order valence-electron chi connectivity index (χ2n) is 5.62. The van der Waals surface area contributed by atoms with Gasteiger partial charge in [0.25, 0.3) is 0 Å². The normalized spacial score (nSPS) is 10.3. The van der Waals surface area contributed by atoms with Gasteiger partial charge in [0.1, 0.15) is 5.82 Å². The van der Waals surface area contributed by atoms with Crippen molar-refractivity contribution in [2.75, 3.05) is 10.6 Å². The Kier molecular flexibility index (Phi) is 4.11. The van der Waals surface area contributed by atoms with Crippen LogP contribution in [0.1, 0.15) is 5.56 Å². The molecule has 0 saturated carbocycles. The summed E-state index contributed by atoms with van der Waals surface area (Å²) >= 11 is 0. The van der Waals surface area contributed by atoms with E-state index in [2.05, 4.69) is 31.7 Å². The van der Waals surface area contributed by atoms with Gasteiger partial charge in [0.2, 0.25) is 5.95 Å². The van der Waals surface area contributed by atoms with Crippen molar-refractivity contribution in [3.05, 3.63) is 78.6 Å². The van der Waals surface area contributed by atoms with E-state index < -0.39 is 0 Å². The van der Waals surface area contributed by atoms with Crippen LogP contribution in [0.4, 0.5) is 23.1 Å². The van der Waals surface area contributed by atoms with E-state index in [1.807, 2.05) is 42.5 Å². The molecule has 0 aliphatic rings. The number of rotatable bonds is 4. The van der Waals surface area contributed by atoms with Crippen LogP contribution in [0.2, 0.25) is 0 Å². The summed E-state index contributed by atoms with van der Waals surface area (Å²) < 4.78 is 0. The summed E-state index contributed by atoms with van der Waals surface area (Å²) in [4.78, 5) is 13.0. The molecule has 0 bridgehead atoms. The van der Waals surface area contributed by atoms with E-state index in [4.69, 9.17) is 5.26 Å². The standard InChI is InChI=1S/C20H14N6/c21-13-14-3-1-5-16(11-14)25-20-23-10-8-19(26-20)24-17-6-7-18-15(12-17)4-2-9-22-18/h1-12H,(H2,23,24,25,26). The van der Waals surface area contributed by atoms with Gasteiger partial charge in [0, 0.05) is 29.2 Å². The SMILES string of the molecule is N#Cc1cccc(Nc2nccc(Nc3ccc4ncccc4c3)n2)c1. The van der Waals surface area contributed by atoms with Crippen LogP contribution in [0.5, 0.6) is 0 Å². The van der Waals surface area contributed by atoms with E-state index in [9.17, 15) is 0 Å². The first-order chi connectivity index (χ1) is 12.8. The first kappa shape index (κ1) is 15.5. The highest BCUT2D eigenvalue weighted by Gasteiger charge is 2.03. The summed E-state index contributed by atoms with van der Waals surface area (Å²) in [7, 11) is 0. The number of nitriles is 1. The van der Waals surface area contributed by atoms with Crippen molar-refractivity contribution in [1.82, 2.24) is 15.0 Å². The lowest BCUT2D eigenvalue weighted by molar-refractivity contribution is 1.17. The maximum Gasteiger partial charge on any atom is 0.229 e. The van der Waals surface area contributed by atoms with Crippen molar-refractivity contribution >= 4 is 34.0 Å². The fourth-order valence-corrected chi connectivity index (χ4v) is 2.59. The highest BCUT2D eigenvalue weighted by atomic mass is 15.1. The number of fused-ring (bicyclic) bond motifs is 1. The molecule has 26 heavy (non-hydrogen) atoms. The molecule has 0 spiro atoms. The third kappa shape index (κ3) is 3.42. The lowest BCUT2D eigenvalue weighted by Crippen LogP contribution is -2.00. The third-order valence-corrected chi connectivity index (χ3v) is 3.78. The molecule has 0 aliphatic carbocycles. The zero-order valence-electron chi connectivity index (χ0n) is 13.7. The van der Waals surface area contributed by atoms with E-state index in [0.29, 0.717) is 17.3 Å². The van der Waals surface area contributed by atoms with Gasteiger partial charge in [-0.15, -0.1) is 0 Å². The fourth-order valence-electron chi connectivity index (χ4n) is 2.59. The maximum absolute atomic E-state index is 8.99. The summed E-state index contributed by atoms with van der Waals surface area (Å²) in [5, 5.41) is 16.4. The average molecular weight is 338 g/mol. The molecule has 4 aromatic rings. The van der Waals surface area contributed by atoms with E-state index in [1.54, 1.807) is 30.6 Å². The van der Waals surface area contributed by atoms with Crippen LogP contribution >= 0.6 is 0 Å². The smallest absolute Gasteiger partial charge is 0.229 e. The topological polar surface area (TPSA) is 86.5 Å². The zero-order valence-corrected chi connectivity index (χ0v) is 13.7. The zero-order chi connectivity index (χ0) is 17.8. The fraction of sp³-hybridized carbons (Fsp3) is 0. The number of nitrogens with zero attached hydrogens (tertiary/aromatic N) is 4. The van der Waals surface area contributed by atoms with Gasteiger partial charge in [-0.05, 0) is 48.5 Å². The molecule has 0 amide bonds. The Bertz CT molecular complexity index is 1120. The predicted molar refractivity (Wildman–Crippen MR) is 101 cm³/mol. The molecular weight excluding hydrogens is 324 g/mol. The van der Waals surface area contributed by atoms with E-state index in [1.165, 1.54) is 0 Å². The van der Waals surface area contributed by atoms with Gasteiger partial charge in [0.05, 0.1) is 17.1 Å². The van der Waals surface area contributed by atoms with Crippen LogP contribution in [0, 0.1) is 11.3 Å². The molecule has 2 N–H and O–H groups in total. The maximum atomic E-state index is 8.99. The molecule has 0 aliphatic heterocycles. The summed E-state index contributed by atoms with van der Waals surface area (Å²) in [5.74, 6) is 1.12. The van der Waals surface area contributed by atoms with Crippen molar-refractivity contribution in [3.63, 3.8) is 0 Å². The molecule has 0 fully saturated rings. The molecule has 124 valence electrons. The molecule has 0 saturated heterocycles. The Morgan fingerprint density at radius 2 is 1.73 bits per heavy atom. The summed E-state index contributed by atoms with van der Waals surface area (Å²) in [6.07, 6.45) is 3.45. The number of anilines is 4. The Balaban J connectivity index is 1.55. The second kappa shape index (κ2) is 6.87. The van der Waals surface area contributed by atoms with Crippen LogP contribution in [0.15, 0.2) is 73.1 Å². The van der Waals surface area contributed by atoms with Gasteiger partial charge >= 0.3 is 0 Å². The monoisotopic (exact) mass is 338 g/mol. The van der Waals surface area contributed by atoms with E-state index in [-0.39, 0.29) is 0 Å². The Morgan fingerprint density at radius 1 is 0.808 bits per heavy atom. The number of hydrogen-bond donors (Lipinski definition) is 2. The highest BCUT2D eigenvalue weighted by Crippen LogP contribution is 2.21. The lowest BCUT2D eigenvalue weighted by atomic mass is 10.2. The Labute approximate surface area is 150 Å². The first-order valence-corrected chi connectivity index (χ1v) is 8.02. The number of benzene rings is 2. The predicted octanol–water partition coefficient (Wildman–Crippen LogP) is 4.38. The first-order valence-electron chi connectivity index (χ1n) is 8.02. The molecule has 2 heterocycles. The molecule has 4 rings (SSSR count). The molecule has 2 aromatic heterocycles. The summed E-state index contributed by atoms with van der Waals surface area (Å²) in [5.41, 5.74) is 3.20. The van der Waals surface area contributed by atoms with Crippen molar-refractivity contribution in [2.45, 2.75) is 0 Å². The van der Waals surface area contributed by atoms with Crippen molar-refractivity contribution in [1.29, 1.82) is 5.26 Å². The van der Waals surface area contributed by atoms with Crippen LogP contribution in [-0.4, -0.2) is 15.0 Å². The molecule has 0 unspecified atom stereocenters. The van der Waals surface area contributed by atoms with Gasteiger partial charge in [0.15, 0.2) is 0 Å². The summed E-state index contributed by atoms with van der Waals surface area (Å²) in [6, 6.07) is 21.0. The van der Waals surface area contributed by atoms with Gasteiger partial charge < -0.3 is 10.6 Å². The molecule has 6 heteroatoms. The third-order valence-electron chi connectivity index (χ3n) is 3.78. The number of hydrogen-bond acceptors (Lipinski definition) is 6. The number of aromatic nitrogens is 3. The molecule has 2 aromatic carbocycles. The van der Waals surface area contributed by atoms with Gasteiger partial charge in [-0.1, -0.05) is 12.1 Å². The van der Waals surface area contributed by atoms with Gasteiger partial charge in [-0.2, -0.15) is 10.2 Å². The van der Waals surface area contributed by atoms with Crippen molar-refractivity contribution in [2.24, 2.45) is 0 Å². The second-order valence-corrected chi connectivity index (χ2v) is 5.62. The number of nitrogens with one attached hydrogen (secondary N) is 2. The molecule has 0 atom stereocenters. The van der Waals surface area contributed by atoms with E-state index >= 15 is 0 Å². The number of pyridine rings is 1. The van der Waals surface area contributed by atoms with Crippen molar-refractivity contribution < 1.29 is 0 Å². The molecule has 0 radical (unpaired) electrons. The average Bonchev–Trinajstić information content (AvgIpc) is 2.68. The highest BCUT2D eigenvalue weighted by molar-refractivity contribution is 5.83. The minimum atomic E-state index is 0.451. The minimum absolute atomic E-state index is 0.451. The van der Waals surface area contributed by atoms with E-state index in [0.717, 1.165) is 22.3 Å². The quantitative estimate of drug-likeness (QED) is 0.574. The van der Waals surface area contributed by atoms with Crippen LogP contribution in [-0.2, 0) is 0 Å². The largest absolute Gasteiger partial charge is 0.340 e. The van der Waals surface area contributed by atoms with Crippen molar-refractivity contribution in [3.8, 4) is 6.07 Å². The Morgan fingerprint density at radius 3 is 2.65 bits per heavy atom. The summed E-state index contributed by atoms with van der Waals surface area (Å²) in [6.45, 7) is 0. The van der Waals surface area contributed by atoms with Crippen LogP contribution < -0.4 is 10.6 Å². The lowest BCUT2D eigenvalue weighted by Gasteiger charge is -2.09. The van der Waals surface area contributed by atoms with Crippen LogP contribution in [0.3, 0.4) is 0 Å². The Hall–Kier alpha value is -3.98. The molecule has 6 nitrogen and oxygen atoms in total. The minimum Gasteiger partial charge on any atom is -0.340 e.